The number of pyridine rings is 1. The number of nitrogen functional groups attached to an aromatic ring is 1. The van der Waals surface area contributed by atoms with Gasteiger partial charge in [-0.2, -0.15) is 0 Å². The summed E-state index contributed by atoms with van der Waals surface area (Å²) in [7, 11) is 0. The van der Waals surface area contributed by atoms with Crippen LogP contribution in [-0.2, 0) is 6.54 Å². The minimum atomic E-state index is -0.538. The van der Waals surface area contributed by atoms with Crippen LogP contribution in [0.5, 0.6) is 11.5 Å². The lowest BCUT2D eigenvalue weighted by molar-refractivity contribution is 0.174. The number of aromatic nitrogens is 1. The van der Waals surface area contributed by atoms with E-state index in [-0.39, 0.29) is 24.4 Å². The second kappa shape index (κ2) is 9.30. The lowest BCUT2D eigenvalue weighted by Crippen LogP contribution is -2.46. The van der Waals surface area contributed by atoms with E-state index in [9.17, 15) is 9.18 Å². The van der Waals surface area contributed by atoms with Gasteiger partial charge in [0.1, 0.15) is 5.75 Å². The third-order valence-corrected chi connectivity index (χ3v) is 5.77. The Morgan fingerprint density at radius 2 is 2.03 bits per heavy atom. The molecule has 0 unspecified atom stereocenters. The Balaban J connectivity index is 1.38. The zero-order valence-electron chi connectivity index (χ0n) is 17.0. The van der Waals surface area contributed by atoms with E-state index in [1.54, 1.807) is 24.5 Å². The van der Waals surface area contributed by atoms with Crippen molar-refractivity contribution in [2.75, 3.05) is 31.9 Å². The molecule has 1 aromatic heterocycles. The van der Waals surface area contributed by atoms with E-state index in [1.807, 2.05) is 4.90 Å². The first-order chi connectivity index (χ1) is 14.6. The predicted molar refractivity (Wildman–Crippen MR) is 113 cm³/mol. The molecule has 2 fully saturated rings. The van der Waals surface area contributed by atoms with Crippen LogP contribution in [0, 0.1) is 5.82 Å². The van der Waals surface area contributed by atoms with Crippen molar-refractivity contribution in [3.63, 3.8) is 0 Å². The van der Waals surface area contributed by atoms with Gasteiger partial charge in [0.05, 0.1) is 0 Å². The van der Waals surface area contributed by atoms with Crippen LogP contribution in [0.15, 0.2) is 36.7 Å². The minimum absolute atomic E-state index is 0.0770. The van der Waals surface area contributed by atoms with Gasteiger partial charge in [-0.25, -0.2) is 9.18 Å². The van der Waals surface area contributed by atoms with Crippen molar-refractivity contribution in [2.45, 2.75) is 38.3 Å². The SMILES string of the molecule is Nc1ccc(Oc2ccncc2CNC(=O)N2CCC[C@H]2CN2CCCC2)c(F)c1. The number of nitrogens with two attached hydrogens (primary N) is 1. The summed E-state index contributed by atoms with van der Waals surface area (Å²) in [5, 5.41) is 2.98. The van der Waals surface area contributed by atoms with Crippen LogP contribution < -0.4 is 15.8 Å². The molecule has 2 amide bonds. The van der Waals surface area contributed by atoms with Crippen molar-refractivity contribution in [1.82, 2.24) is 20.1 Å². The van der Waals surface area contributed by atoms with Gasteiger partial charge in [-0.3, -0.25) is 4.98 Å². The van der Waals surface area contributed by atoms with Gasteiger partial charge in [0.2, 0.25) is 0 Å². The number of likely N-dealkylation sites (tertiary alicyclic amines) is 2. The molecule has 160 valence electrons. The number of halogens is 1. The Labute approximate surface area is 176 Å². The number of carbonyl (C=O) groups excluding carboxylic acids is 1. The molecule has 3 heterocycles. The summed E-state index contributed by atoms with van der Waals surface area (Å²) in [6.07, 6.45) is 7.76. The highest BCUT2D eigenvalue weighted by Gasteiger charge is 2.30. The fourth-order valence-corrected chi connectivity index (χ4v) is 4.19. The van der Waals surface area contributed by atoms with E-state index in [4.69, 9.17) is 10.5 Å². The number of carbonyl (C=O) groups is 1. The van der Waals surface area contributed by atoms with Crippen LogP contribution in [0.4, 0.5) is 14.9 Å². The summed E-state index contributed by atoms with van der Waals surface area (Å²) in [6.45, 7) is 4.24. The fourth-order valence-electron chi connectivity index (χ4n) is 4.19. The molecular formula is C22H28FN5O2. The van der Waals surface area contributed by atoms with E-state index in [0.29, 0.717) is 17.0 Å². The maximum Gasteiger partial charge on any atom is 0.317 e. The number of urea groups is 1. The molecule has 1 atom stereocenters. The number of ether oxygens (including phenoxy) is 1. The Morgan fingerprint density at radius 3 is 2.83 bits per heavy atom. The Morgan fingerprint density at radius 1 is 1.20 bits per heavy atom. The molecule has 0 bridgehead atoms. The molecule has 2 aliphatic rings. The van der Waals surface area contributed by atoms with E-state index >= 15 is 0 Å². The van der Waals surface area contributed by atoms with Crippen molar-refractivity contribution >= 4 is 11.7 Å². The molecule has 0 spiro atoms. The van der Waals surface area contributed by atoms with E-state index in [2.05, 4.69) is 15.2 Å². The fraction of sp³-hybridized carbons (Fsp3) is 0.455. The second-order valence-corrected chi connectivity index (χ2v) is 7.93. The molecule has 4 rings (SSSR count). The Hall–Kier alpha value is -2.87. The predicted octanol–water partition coefficient (Wildman–Crippen LogP) is 3.37. The van der Waals surface area contributed by atoms with E-state index in [1.165, 1.54) is 25.0 Å². The van der Waals surface area contributed by atoms with Gasteiger partial charge in [-0.15, -0.1) is 0 Å². The average Bonchev–Trinajstić information content (AvgIpc) is 3.42. The number of hydrogen-bond acceptors (Lipinski definition) is 5. The summed E-state index contributed by atoms with van der Waals surface area (Å²) in [6, 6.07) is 6.12. The van der Waals surface area contributed by atoms with Gasteiger partial charge in [-0.1, -0.05) is 0 Å². The van der Waals surface area contributed by atoms with E-state index < -0.39 is 5.82 Å². The van der Waals surface area contributed by atoms with Crippen LogP contribution in [0.2, 0.25) is 0 Å². The monoisotopic (exact) mass is 413 g/mol. The summed E-state index contributed by atoms with van der Waals surface area (Å²) in [4.78, 5) is 21.3. The molecule has 1 aromatic carbocycles. The lowest BCUT2D eigenvalue weighted by Gasteiger charge is -2.28. The van der Waals surface area contributed by atoms with Gasteiger partial charge < -0.3 is 25.6 Å². The molecule has 3 N–H and O–H groups in total. The molecule has 0 radical (unpaired) electrons. The molecule has 2 aliphatic heterocycles. The van der Waals surface area contributed by atoms with Crippen LogP contribution in [0.3, 0.4) is 0 Å². The zero-order chi connectivity index (χ0) is 20.9. The standard InChI is InChI=1S/C22H28FN5O2/c23-19-12-17(24)5-6-21(19)30-20-7-8-25-13-16(20)14-26-22(29)28-11-3-4-18(28)15-27-9-1-2-10-27/h5-8,12-13,18H,1-4,9-11,14-15,24H2,(H,26,29)/t18-/m0/s1. The summed E-state index contributed by atoms with van der Waals surface area (Å²) < 4.78 is 19.8. The number of amides is 2. The number of rotatable bonds is 6. The second-order valence-electron chi connectivity index (χ2n) is 7.93. The number of benzene rings is 1. The van der Waals surface area contributed by atoms with Crippen molar-refractivity contribution in [3.8, 4) is 11.5 Å². The van der Waals surface area contributed by atoms with Crippen LogP contribution in [-0.4, -0.2) is 53.0 Å². The molecule has 2 aromatic rings. The Bertz CT molecular complexity index is 888. The molecule has 30 heavy (non-hydrogen) atoms. The van der Waals surface area contributed by atoms with Gasteiger partial charge in [0.15, 0.2) is 11.6 Å². The van der Waals surface area contributed by atoms with Gasteiger partial charge in [-0.05, 0) is 57.0 Å². The first-order valence-electron chi connectivity index (χ1n) is 10.5. The molecule has 7 nitrogen and oxygen atoms in total. The number of nitrogens with zero attached hydrogens (tertiary/aromatic N) is 3. The highest BCUT2D eigenvalue weighted by molar-refractivity contribution is 5.75. The van der Waals surface area contributed by atoms with Crippen LogP contribution >= 0.6 is 0 Å². The summed E-state index contributed by atoms with van der Waals surface area (Å²) >= 11 is 0. The number of anilines is 1. The maximum absolute atomic E-state index is 14.1. The minimum Gasteiger partial charge on any atom is -0.454 e. The third-order valence-electron chi connectivity index (χ3n) is 5.77. The highest BCUT2D eigenvalue weighted by atomic mass is 19.1. The number of nitrogens with one attached hydrogen (secondary N) is 1. The zero-order valence-corrected chi connectivity index (χ0v) is 17.0. The first kappa shape index (κ1) is 20.4. The summed E-state index contributed by atoms with van der Waals surface area (Å²) in [5.41, 5.74) is 6.60. The largest absolute Gasteiger partial charge is 0.454 e. The van der Waals surface area contributed by atoms with E-state index in [0.717, 1.165) is 39.0 Å². The third kappa shape index (κ3) is 4.81. The van der Waals surface area contributed by atoms with Crippen LogP contribution in [0.25, 0.3) is 0 Å². The number of hydrogen-bond donors (Lipinski definition) is 2. The first-order valence-corrected chi connectivity index (χ1v) is 10.5. The van der Waals surface area contributed by atoms with Gasteiger partial charge in [0.25, 0.3) is 0 Å². The molecule has 8 heteroatoms. The van der Waals surface area contributed by atoms with Crippen molar-refractivity contribution in [2.24, 2.45) is 0 Å². The van der Waals surface area contributed by atoms with Gasteiger partial charge >= 0.3 is 6.03 Å². The smallest absolute Gasteiger partial charge is 0.317 e. The highest BCUT2D eigenvalue weighted by Crippen LogP contribution is 2.28. The molecule has 0 aliphatic carbocycles. The van der Waals surface area contributed by atoms with Gasteiger partial charge in [0, 0.05) is 55.4 Å². The lowest BCUT2D eigenvalue weighted by atomic mass is 10.2. The van der Waals surface area contributed by atoms with Crippen molar-refractivity contribution < 1.29 is 13.9 Å². The normalized spacial score (nSPS) is 19.2. The van der Waals surface area contributed by atoms with Crippen molar-refractivity contribution in [1.29, 1.82) is 0 Å². The molecule has 0 saturated carbocycles. The van der Waals surface area contributed by atoms with Crippen LogP contribution in [0.1, 0.15) is 31.2 Å². The topological polar surface area (TPSA) is 83.7 Å². The van der Waals surface area contributed by atoms with Crippen molar-refractivity contribution in [3.05, 3.63) is 48.0 Å². The summed E-state index contributed by atoms with van der Waals surface area (Å²) in [5.74, 6) is -0.0131. The average molecular weight is 413 g/mol. The molecular weight excluding hydrogens is 385 g/mol. The Kier molecular flexibility index (Phi) is 6.32. The maximum atomic E-state index is 14.1. The molecule has 2 saturated heterocycles. The quantitative estimate of drug-likeness (QED) is 0.710.